The Labute approximate surface area is 166 Å². The first-order valence-electron chi connectivity index (χ1n) is 8.45. The van der Waals surface area contributed by atoms with Crippen molar-refractivity contribution in [1.29, 1.82) is 0 Å². The maximum absolute atomic E-state index is 12.5. The Morgan fingerprint density at radius 2 is 2.11 bits per heavy atom. The summed E-state index contributed by atoms with van der Waals surface area (Å²) in [6, 6.07) is 6.84. The van der Waals surface area contributed by atoms with Crippen LogP contribution in [-0.4, -0.2) is 52.6 Å². The zero-order valence-corrected chi connectivity index (χ0v) is 16.3. The van der Waals surface area contributed by atoms with Gasteiger partial charge in [0.05, 0.1) is 11.2 Å². The Morgan fingerprint density at radius 3 is 2.85 bits per heavy atom. The van der Waals surface area contributed by atoms with Crippen molar-refractivity contribution in [3.8, 4) is 5.75 Å². The Morgan fingerprint density at radius 1 is 1.33 bits per heavy atom. The molecule has 0 atom stereocenters. The van der Waals surface area contributed by atoms with Crippen LogP contribution in [0.1, 0.15) is 23.3 Å². The number of amides is 2. The van der Waals surface area contributed by atoms with E-state index in [0.29, 0.717) is 16.6 Å². The minimum Gasteiger partial charge on any atom is -0.484 e. The number of aromatic nitrogens is 2. The van der Waals surface area contributed by atoms with Crippen molar-refractivity contribution in [2.24, 2.45) is 0 Å². The molecule has 0 unspecified atom stereocenters. The molecule has 27 heavy (non-hydrogen) atoms. The van der Waals surface area contributed by atoms with E-state index < -0.39 is 5.91 Å². The highest BCUT2D eigenvalue weighted by Crippen LogP contribution is 2.21. The van der Waals surface area contributed by atoms with Gasteiger partial charge >= 0.3 is 0 Å². The van der Waals surface area contributed by atoms with Crippen LogP contribution in [0.5, 0.6) is 5.75 Å². The van der Waals surface area contributed by atoms with Crippen LogP contribution in [0.3, 0.4) is 0 Å². The summed E-state index contributed by atoms with van der Waals surface area (Å²) in [5.74, 6) is 0.0289. The number of thioether (sulfide) groups is 1. The minimum absolute atomic E-state index is 0.0216. The monoisotopic (exact) mass is 406 g/mol. The van der Waals surface area contributed by atoms with Gasteiger partial charge in [-0.05, 0) is 31.2 Å². The molecule has 0 spiro atoms. The van der Waals surface area contributed by atoms with Crippen molar-refractivity contribution in [1.82, 2.24) is 14.9 Å². The molecule has 3 rings (SSSR count). The van der Waals surface area contributed by atoms with Crippen molar-refractivity contribution in [3.63, 3.8) is 0 Å². The van der Waals surface area contributed by atoms with E-state index in [1.165, 1.54) is 18.0 Å². The van der Waals surface area contributed by atoms with Gasteiger partial charge in [0, 0.05) is 24.8 Å². The third-order valence-electron chi connectivity index (χ3n) is 4.03. The molecular formula is C18H19ClN4O3S. The molecule has 1 aliphatic rings. The predicted octanol–water partition coefficient (Wildman–Crippen LogP) is 3.11. The maximum atomic E-state index is 12.5. The second-order valence-electron chi connectivity index (χ2n) is 5.91. The molecular weight excluding hydrogens is 388 g/mol. The van der Waals surface area contributed by atoms with Crippen molar-refractivity contribution >= 4 is 40.9 Å². The lowest BCUT2D eigenvalue weighted by molar-refractivity contribution is -0.132. The molecule has 0 radical (unpaired) electrons. The maximum Gasteiger partial charge on any atom is 0.275 e. The summed E-state index contributed by atoms with van der Waals surface area (Å²) >= 11 is 7.35. The molecule has 142 valence electrons. The zero-order chi connectivity index (χ0) is 19.2. The molecule has 1 fully saturated rings. The summed E-state index contributed by atoms with van der Waals surface area (Å²) in [6.45, 7) is 1.55. The number of ether oxygens (including phenoxy) is 1. The highest BCUT2D eigenvalue weighted by atomic mass is 35.5. The molecule has 2 amide bonds. The van der Waals surface area contributed by atoms with Crippen LogP contribution in [-0.2, 0) is 4.79 Å². The van der Waals surface area contributed by atoms with Crippen molar-refractivity contribution in [3.05, 3.63) is 41.2 Å². The standard InChI is InChI=1S/C18H19ClN4O3S/c1-27-18-20-10-14(19)16(22-18)17(25)21-12-5-4-6-13(9-12)26-11-15(24)23-7-2-3-8-23/h4-6,9-10H,2-3,7-8,11H2,1H3,(H,21,25). The lowest BCUT2D eigenvalue weighted by Crippen LogP contribution is -2.32. The van der Waals surface area contributed by atoms with Crippen molar-refractivity contribution in [2.45, 2.75) is 18.0 Å². The molecule has 0 aliphatic carbocycles. The topological polar surface area (TPSA) is 84.4 Å². The summed E-state index contributed by atoms with van der Waals surface area (Å²) in [5.41, 5.74) is 0.623. The lowest BCUT2D eigenvalue weighted by Gasteiger charge is -2.15. The number of carbonyl (C=O) groups is 2. The fraction of sp³-hybridized carbons (Fsp3) is 0.333. The number of nitrogens with zero attached hydrogens (tertiary/aromatic N) is 3. The summed E-state index contributed by atoms with van der Waals surface area (Å²) in [5, 5.41) is 3.37. The fourth-order valence-electron chi connectivity index (χ4n) is 2.67. The Kier molecular flexibility index (Phi) is 6.52. The average molecular weight is 407 g/mol. The van der Waals surface area contributed by atoms with Crippen LogP contribution in [0.25, 0.3) is 0 Å². The van der Waals surface area contributed by atoms with E-state index in [-0.39, 0.29) is 23.2 Å². The van der Waals surface area contributed by atoms with Gasteiger partial charge in [-0.1, -0.05) is 29.4 Å². The van der Waals surface area contributed by atoms with Gasteiger partial charge in [-0.2, -0.15) is 0 Å². The highest BCUT2D eigenvalue weighted by molar-refractivity contribution is 7.98. The molecule has 1 aliphatic heterocycles. The summed E-state index contributed by atoms with van der Waals surface area (Å²) in [6.07, 6.45) is 5.29. The van der Waals surface area contributed by atoms with Gasteiger partial charge in [0.1, 0.15) is 5.75 Å². The van der Waals surface area contributed by atoms with Gasteiger partial charge in [-0.3, -0.25) is 9.59 Å². The quantitative estimate of drug-likeness (QED) is 0.586. The second kappa shape index (κ2) is 9.05. The van der Waals surface area contributed by atoms with E-state index in [9.17, 15) is 9.59 Å². The number of benzene rings is 1. The number of hydrogen-bond donors (Lipinski definition) is 1. The Hall–Kier alpha value is -2.32. The first-order chi connectivity index (χ1) is 13.1. The molecule has 2 aromatic rings. The number of carbonyl (C=O) groups excluding carboxylic acids is 2. The molecule has 1 aromatic heterocycles. The van der Waals surface area contributed by atoms with Gasteiger partial charge in [-0.15, -0.1) is 0 Å². The van der Waals surface area contributed by atoms with Crippen LogP contribution in [0.15, 0.2) is 35.6 Å². The predicted molar refractivity (Wildman–Crippen MR) is 105 cm³/mol. The summed E-state index contributed by atoms with van der Waals surface area (Å²) in [4.78, 5) is 34.5. The summed E-state index contributed by atoms with van der Waals surface area (Å²) < 4.78 is 5.57. The number of hydrogen-bond acceptors (Lipinski definition) is 6. The minimum atomic E-state index is -0.442. The Bertz CT molecular complexity index is 843. The number of halogens is 1. The smallest absolute Gasteiger partial charge is 0.275 e. The van der Waals surface area contributed by atoms with Crippen LogP contribution in [0.2, 0.25) is 5.02 Å². The van der Waals surface area contributed by atoms with Crippen LogP contribution in [0, 0.1) is 0 Å². The molecule has 0 bridgehead atoms. The van der Waals surface area contributed by atoms with E-state index in [0.717, 1.165) is 25.9 Å². The number of nitrogens with one attached hydrogen (secondary N) is 1. The van der Waals surface area contributed by atoms with Gasteiger partial charge in [0.15, 0.2) is 17.5 Å². The third kappa shape index (κ3) is 5.11. The number of anilines is 1. The average Bonchev–Trinajstić information content (AvgIpc) is 3.21. The van der Waals surface area contributed by atoms with Crippen molar-refractivity contribution < 1.29 is 14.3 Å². The van der Waals surface area contributed by atoms with Gasteiger partial charge in [0.25, 0.3) is 11.8 Å². The second-order valence-corrected chi connectivity index (χ2v) is 7.09. The largest absolute Gasteiger partial charge is 0.484 e. The zero-order valence-electron chi connectivity index (χ0n) is 14.8. The number of rotatable bonds is 6. The van der Waals surface area contributed by atoms with E-state index in [2.05, 4.69) is 15.3 Å². The molecule has 9 heteroatoms. The van der Waals surface area contributed by atoms with Gasteiger partial charge in [-0.25, -0.2) is 9.97 Å². The van der Waals surface area contributed by atoms with Crippen LogP contribution in [0.4, 0.5) is 5.69 Å². The number of likely N-dealkylation sites (tertiary alicyclic amines) is 1. The normalized spacial score (nSPS) is 13.5. The van der Waals surface area contributed by atoms with E-state index in [4.69, 9.17) is 16.3 Å². The lowest BCUT2D eigenvalue weighted by atomic mass is 10.3. The summed E-state index contributed by atoms with van der Waals surface area (Å²) in [7, 11) is 0. The molecule has 2 heterocycles. The van der Waals surface area contributed by atoms with E-state index in [1.807, 2.05) is 6.26 Å². The first-order valence-corrected chi connectivity index (χ1v) is 10.1. The van der Waals surface area contributed by atoms with Crippen LogP contribution >= 0.6 is 23.4 Å². The molecule has 1 saturated heterocycles. The van der Waals surface area contributed by atoms with E-state index in [1.54, 1.807) is 29.2 Å². The fourth-order valence-corrected chi connectivity index (χ4v) is 3.18. The molecule has 0 saturated carbocycles. The van der Waals surface area contributed by atoms with Gasteiger partial charge < -0.3 is 15.0 Å². The molecule has 7 nitrogen and oxygen atoms in total. The molecule has 1 N–H and O–H groups in total. The third-order valence-corrected chi connectivity index (χ3v) is 4.87. The van der Waals surface area contributed by atoms with E-state index >= 15 is 0 Å². The van der Waals surface area contributed by atoms with Crippen LogP contribution < -0.4 is 10.1 Å². The Balaban J connectivity index is 1.63. The van der Waals surface area contributed by atoms with Crippen molar-refractivity contribution in [2.75, 3.05) is 31.3 Å². The first kappa shape index (κ1) is 19.4. The van der Waals surface area contributed by atoms with Gasteiger partial charge in [0.2, 0.25) is 0 Å². The highest BCUT2D eigenvalue weighted by Gasteiger charge is 2.18. The SMILES string of the molecule is CSc1ncc(Cl)c(C(=O)Nc2cccc(OCC(=O)N3CCCC3)c2)n1. The molecule has 1 aromatic carbocycles.